The summed E-state index contributed by atoms with van der Waals surface area (Å²) >= 11 is 2.67. The maximum Gasteiger partial charge on any atom is 0.305 e. The van der Waals surface area contributed by atoms with Crippen molar-refractivity contribution in [3.8, 4) is 5.75 Å². The summed E-state index contributed by atoms with van der Waals surface area (Å²) in [4.78, 5) is 57.9. The number of anilines is 1. The summed E-state index contributed by atoms with van der Waals surface area (Å²) in [6.07, 6.45) is 0.684. The summed E-state index contributed by atoms with van der Waals surface area (Å²) in [5.74, 6) is -3.00. The Morgan fingerprint density at radius 1 is 1.07 bits per heavy atom. The monoisotopic (exact) mass is 626 g/mol. The van der Waals surface area contributed by atoms with Gasteiger partial charge in [-0.05, 0) is 61.4 Å². The van der Waals surface area contributed by atoms with Crippen molar-refractivity contribution >= 4 is 56.5 Å². The summed E-state index contributed by atoms with van der Waals surface area (Å²) in [6, 6.07) is 11.2. The normalized spacial score (nSPS) is 30.1. The lowest BCUT2D eigenvalue weighted by molar-refractivity contribution is -0.146. The molecule has 8 unspecified atom stereocenters. The summed E-state index contributed by atoms with van der Waals surface area (Å²) in [5.41, 5.74) is 0.995. The number of nitrogens with zero attached hydrogens (tertiary/aromatic N) is 1. The Morgan fingerprint density at radius 2 is 1.74 bits per heavy atom. The topological polar surface area (TPSA) is 180 Å². The minimum Gasteiger partial charge on any atom is -0.508 e. The summed E-state index contributed by atoms with van der Waals surface area (Å²) < 4.78 is 23.1. The number of phenols is 1. The molecule has 2 bridgehead atoms. The number of phenolic OH excluding ortho intramolecular Hbond substituents is 1. The molecule has 2 aromatic carbocycles. The maximum atomic E-state index is 13.9. The van der Waals surface area contributed by atoms with Crippen molar-refractivity contribution in [2.75, 3.05) is 5.32 Å². The van der Waals surface area contributed by atoms with Crippen LogP contribution < -0.4 is 15.3 Å². The number of rotatable bonds is 5. The van der Waals surface area contributed by atoms with Crippen molar-refractivity contribution in [2.45, 2.75) is 40.5 Å². The minimum atomic E-state index is -3.90. The quantitative estimate of drug-likeness (QED) is 0.312. The first-order valence-corrected chi connectivity index (χ1v) is 16.7. The molecule has 14 heteroatoms. The summed E-state index contributed by atoms with van der Waals surface area (Å²) in [7, 11) is -3.90. The van der Waals surface area contributed by atoms with E-state index in [9.17, 15) is 32.7 Å². The van der Waals surface area contributed by atoms with E-state index in [0.29, 0.717) is 17.7 Å². The number of carbonyl (C=O) groups excluding carboxylic acids is 3. The van der Waals surface area contributed by atoms with Crippen molar-refractivity contribution in [1.29, 1.82) is 0 Å². The van der Waals surface area contributed by atoms with Crippen LogP contribution >= 0.6 is 23.1 Å². The van der Waals surface area contributed by atoms with E-state index in [4.69, 9.17) is 5.14 Å². The van der Waals surface area contributed by atoms with Crippen molar-refractivity contribution in [1.82, 2.24) is 9.88 Å². The lowest BCUT2D eigenvalue weighted by Gasteiger charge is -2.43. The van der Waals surface area contributed by atoms with Gasteiger partial charge in [0.1, 0.15) is 11.8 Å². The van der Waals surface area contributed by atoms with E-state index < -0.39 is 33.8 Å². The third kappa shape index (κ3) is 3.99. The number of thiazole rings is 1. The van der Waals surface area contributed by atoms with Gasteiger partial charge < -0.3 is 15.4 Å². The Hall–Kier alpha value is -3.46. The number of likely N-dealkylation sites (tertiary alicyclic amines) is 1. The predicted octanol–water partition coefficient (Wildman–Crippen LogP) is 2.29. The number of hydrogen-bond donors (Lipinski definition) is 4. The Morgan fingerprint density at radius 3 is 2.40 bits per heavy atom. The number of carbonyl (C=O) groups is 3. The number of sulfonamides is 1. The molecule has 42 heavy (non-hydrogen) atoms. The Kier molecular flexibility index (Phi) is 6.21. The van der Waals surface area contributed by atoms with Crippen LogP contribution in [0.15, 0.2) is 63.2 Å². The van der Waals surface area contributed by atoms with Gasteiger partial charge in [-0.1, -0.05) is 29.5 Å². The highest BCUT2D eigenvalue weighted by atomic mass is 32.2. The highest BCUT2D eigenvalue weighted by Crippen LogP contribution is 2.69. The molecule has 0 radical (unpaired) electrons. The molecule has 3 fully saturated rings. The molecule has 2 saturated carbocycles. The molecule has 3 amide bonds. The molecule has 0 spiro atoms. The molecule has 218 valence electrons. The number of aromatic nitrogens is 1. The zero-order valence-corrected chi connectivity index (χ0v) is 24.5. The standard InChI is InChI=1S/C28H26N4O7S3/c1-11(24(34)30-12-6-8-13(9-7-12)42(29,38)39)32-26(35)20-15-10-16(21(20)27(32)36)22-19(15)18(14-4-2-3-5-17(14)33)23-25(40-22)31-28(37)41-23/h2-9,11,15-16,18-22,33H,10H2,1H3,(H,30,34)(H,31,37)(H2,29,38,39). The fraction of sp³-hybridized carbons (Fsp3) is 0.357. The molecule has 7 rings (SSSR count). The fourth-order valence-electron chi connectivity index (χ4n) is 7.61. The molecule has 3 heterocycles. The van der Waals surface area contributed by atoms with Crippen LogP contribution in [0.2, 0.25) is 0 Å². The molecule has 11 nitrogen and oxygen atoms in total. The van der Waals surface area contributed by atoms with Gasteiger partial charge in [0.05, 0.1) is 21.8 Å². The average Bonchev–Trinajstić information content (AvgIpc) is 3.67. The number of nitrogens with one attached hydrogen (secondary N) is 2. The number of aromatic amines is 1. The Labute approximate surface area is 248 Å². The number of H-pyrrole nitrogens is 1. The smallest absolute Gasteiger partial charge is 0.305 e. The second-order valence-corrected chi connectivity index (χ2v) is 15.1. The van der Waals surface area contributed by atoms with E-state index in [1.54, 1.807) is 23.9 Å². The Balaban J connectivity index is 1.18. The Bertz CT molecular complexity index is 1820. The van der Waals surface area contributed by atoms with Crippen LogP contribution in [0.5, 0.6) is 5.75 Å². The summed E-state index contributed by atoms with van der Waals surface area (Å²) in [5, 5.41) is 19.3. The van der Waals surface area contributed by atoms with Crippen LogP contribution in [0.3, 0.4) is 0 Å². The van der Waals surface area contributed by atoms with E-state index >= 15 is 0 Å². The second-order valence-electron chi connectivity index (χ2n) is 11.3. The zero-order chi connectivity index (χ0) is 29.7. The second kappa shape index (κ2) is 9.53. The molecule has 1 saturated heterocycles. The molecule has 2 aliphatic heterocycles. The lowest BCUT2D eigenvalue weighted by Crippen LogP contribution is -2.46. The first-order valence-electron chi connectivity index (χ1n) is 13.4. The zero-order valence-electron chi connectivity index (χ0n) is 22.1. The van der Waals surface area contributed by atoms with E-state index in [1.807, 2.05) is 12.1 Å². The van der Waals surface area contributed by atoms with Gasteiger partial charge >= 0.3 is 4.87 Å². The van der Waals surface area contributed by atoms with Crippen molar-refractivity contribution in [3.05, 3.63) is 68.6 Å². The van der Waals surface area contributed by atoms with Crippen molar-refractivity contribution < 1.29 is 27.9 Å². The number of thioether (sulfide) groups is 1. The lowest BCUT2D eigenvalue weighted by atomic mass is 9.68. The number of primary sulfonamides is 1. The van der Waals surface area contributed by atoms with Gasteiger partial charge in [-0.15, -0.1) is 11.8 Å². The predicted molar refractivity (Wildman–Crippen MR) is 154 cm³/mol. The molecular weight excluding hydrogens is 601 g/mol. The molecule has 1 aromatic heterocycles. The van der Waals surface area contributed by atoms with Gasteiger partial charge in [0.2, 0.25) is 27.7 Å². The number of amides is 3. The fourth-order valence-corrected chi connectivity index (χ4v) is 11.0. The summed E-state index contributed by atoms with van der Waals surface area (Å²) in [6.45, 7) is 1.50. The minimum absolute atomic E-state index is 0.0447. The van der Waals surface area contributed by atoms with E-state index in [0.717, 1.165) is 26.1 Å². The van der Waals surface area contributed by atoms with E-state index in [-0.39, 0.29) is 56.3 Å². The number of aromatic hydroxyl groups is 1. The van der Waals surface area contributed by atoms with Crippen molar-refractivity contribution in [3.63, 3.8) is 0 Å². The molecular formula is C28H26N4O7S3. The van der Waals surface area contributed by atoms with Crippen molar-refractivity contribution in [2.24, 2.45) is 34.7 Å². The third-order valence-electron chi connectivity index (χ3n) is 9.25. The largest absolute Gasteiger partial charge is 0.508 e. The molecule has 5 N–H and O–H groups in total. The number of benzene rings is 2. The maximum absolute atomic E-state index is 13.9. The number of fused-ring (bicyclic) bond motifs is 9. The number of imide groups is 1. The van der Waals surface area contributed by atoms with Crippen LogP contribution in [0.1, 0.15) is 29.7 Å². The SMILES string of the molecule is CC(C(=O)Nc1ccc(S(N)(=O)=O)cc1)N1C(=O)C2C3CC(C2C1=O)C1C(c2ccccc2O)c2sc(=O)[nH]c2SC31. The van der Waals surface area contributed by atoms with Gasteiger partial charge in [-0.25, -0.2) is 13.6 Å². The molecule has 2 aliphatic carbocycles. The van der Waals surface area contributed by atoms with E-state index in [2.05, 4.69) is 10.3 Å². The van der Waals surface area contributed by atoms with Crippen LogP contribution in [0.25, 0.3) is 0 Å². The van der Waals surface area contributed by atoms with Crippen LogP contribution in [-0.2, 0) is 24.4 Å². The first kappa shape index (κ1) is 27.4. The number of nitrogens with two attached hydrogens (primary N) is 1. The van der Waals surface area contributed by atoms with E-state index in [1.165, 1.54) is 31.2 Å². The first-order chi connectivity index (χ1) is 20.0. The van der Waals surface area contributed by atoms with Crippen LogP contribution in [0, 0.1) is 29.6 Å². The average molecular weight is 627 g/mol. The van der Waals surface area contributed by atoms with Crippen LogP contribution in [-0.4, -0.2) is 52.4 Å². The van der Waals surface area contributed by atoms with Crippen LogP contribution in [0.4, 0.5) is 5.69 Å². The van der Waals surface area contributed by atoms with Gasteiger partial charge in [0.25, 0.3) is 0 Å². The molecule has 8 atom stereocenters. The van der Waals surface area contributed by atoms with Gasteiger partial charge in [-0.2, -0.15) is 0 Å². The third-order valence-corrected chi connectivity index (χ3v) is 12.8. The van der Waals surface area contributed by atoms with Gasteiger partial charge in [0.15, 0.2) is 0 Å². The van der Waals surface area contributed by atoms with Gasteiger partial charge in [-0.3, -0.25) is 24.1 Å². The van der Waals surface area contributed by atoms with Gasteiger partial charge in [0, 0.05) is 27.3 Å². The highest BCUT2D eigenvalue weighted by molar-refractivity contribution is 8.00. The highest BCUT2D eigenvalue weighted by Gasteiger charge is 2.70. The number of hydrogen-bond acceptors (Lipinski definition) is 9. The molecule has 3 aromatic rings. The number of para-hydroxylation sites is 1. The molecule has 4 aliphatic rings.